The molecule has 0 aliphatic heterocycles. The second kappa shape index (κ2) is 3.55. The van der Waals surface area contributed by atoms with Crippen molar-refractivity contribution in [3.8, 4) is 11.4 Å². The summed E-state index contributed by atoms with van der Waals surface area (Å²) in [6.07, 6.45) is 1.47. The van der Waals surface area contributed by atoms with Gasteiger partial charge in [-0.25, -0.2) is 9.97 Å². The fourth-order valence-corrected chi connectivity index (χ4v) is 1.14. The van der Waals surface area contributed by atoms with Gasteiger partial charge in [0, 0.05) is 12.6 Å². The van der Waals surface area contributed by atoms with E-state index >= 15 is 0 Å². The lowest BCUT2D eigenvalue weighted by atomic mass is 10.2. The fourth-order valence-electron chi connectivity index (χ4n) is 1.14. The van der Waals surface area contributed by atoms with Crippen molar-refractivity contribution in [1.29, 1.82) is 0 Å². The van der Waals surface area contributed by atoms with E-state index in [1.807, 2.05) is 13.0 Å². The smallest absolute Gasteiger partial charge is 0.134 e. The molecule has 0 aliphatic carbocycles. The molecule has 0 fully saturated rings. The molecule has 0 unspecified atom stereocenters. The summed E-state index contributed by atoms with van der Waals surface area (Å²) in [5.74, 6) is 0.757. The molecule has 0 spiro atoms. The zero-order valence-corrected chi connectivity index (χ0v) is 7.77. The van der Waals surface area contributed by atoms with Crippen LogP contribution in [0.5, 0.6) is 0 Å². The molecule has 2 N–H and O–H groups in total. The molecular formula is C9H10N4O. The molecule has 0 radical (unpaired) electrons. The normalized spacial score (nSPS) is 10.4. The predicted octanol–water partition coefficient (Wildman–Crippen LogP) is 0.899. The van der Waals surface area contributed by atoms with Crippen LogP contribution in [0.3, 0.4) is 0 Å². The number of hydrogen-bond donors (Lipinski definition) is 1. The Bertz CT molecular complexity index is 438. The van der Waals surface area contributed by atoms with Gasteiger partial charge in [-0.1, -0.05) is 5.16 Å². The lowest BCUT2D eigenvalue weighted by Crippen LogP contribution is -2.00. The van der Waals surface area contributed by atoms with Gasteiger partial charge in [0.05, 0.1) is 11.4 Å². The Kier molecular flexibility index (Phi) is 2.24. The Morgan fingerprint density at radius 1 is 1.29 bits per heavy atom. The number of nitrogens with two attached hydrogens (primary N) is 1. The monoisotopic (exact) mass is 190 g/mol. The second-order valence-electron chi connectivity index (χ2n) is 2.92. The molecule has 2 aromatic rings. The minimum atomic E-state index is 0.395. The zero-order chi connectivity index (χ0) is 9.97. The third kappa shape index (κ3) is 1.62. The Balaban J connectivity index is 2.41. The Labute approximate surface area is 81.0 Å². The average molecular weight is 190 g/mol. The lowest BCUT2D eigenvalue weighted by Gasteiger charge is -1.96. The predicted molar refractivity (Wildman–Crippen MR) is 50.2 cm³/mol. The molecule has 72 valence electrons. The van der Waals surface area contributed by atoms with E-state index in [2.05, 4.69) is 15.1 Å². The van der Waals surface area contributed by atoms with Gasteiger partial charge in [0.2, 0.25) is 0 Å². The van der Waals surface area contributed by atoms with Crippen LogP contribution in [0.1, 0.15) is 11.5 Å². The van der Waals surface area contributed by atoms with Crippen LogP contribution in [0.4, 0.5) is 0 Å². The summed E-state index contributed by atoms with van der Waals surface area (Å²) in [5.41, 5.74) is 7.70. The van der Waals surface area contributed by atoms with Crippen LogP contribution in [-0.2, 0) is 6.54 Å². The standard InChI is InChI=1S/C9H10N4O/c1-6-2-9(13-14-6)8-3-7(4-10)11-5-12-8/h2-3,5H,4,10H2,1H3. The van der Waals surface area contributed by atoms with E-state index in [1.54, 1.807) is 6.07 Å². The van der Waals surface area contributed by atoms with Crippen LogP contribution in [0.15, 0.2) is 23.0 Å². The van der Waals surface area contributed by atoms with E-state index < -0.39 is 0 Å². The molecule has 0 saturated carbocycles. The molecule has 2 aromatic heterocycles. The van der Waals surface area contributed by atoms with Crippen LogP contribution >= 0.6 is 0 Å². The molecule has 0 aliphatic rings. The van der Waals surface area contributed by atoms with E-state index in [0.29, 0.717) is 12.2 Å². The van der Waals surface area contributed by atoms with Crippen molar-refractivity contribution in [2.24, 2.45) is 5.73 Å². The maximum Gasteiger partial charge on any atom is 0.134 e. The average Bonchev–Trinajstić information content (AvgIpc) is 2.65. The van der Waals surface area contributed by atoms with Gasteiger partial charge < -0.3 is 10.3 Å². The first-order valence-electron chi connectivity index (χ1n) is 4.24. The van der Waals surface area contributed by atoms with Gasteiger partial charge in [-0.3, -0.25) is 0 Å². The minimum absolute atomic E-state index is 0.395. The zero-order valence-electron chi connectivity index (χ0n) is 7.77. The SMILES string of the molecule is Cc1cc(-c2cc(CN)ncn2)no1. The minimum Gasteiger partial charge on any atom is -0.361 e. The molecule has 0 atom stereocenters. The number of hydrogen-bond acceptors (Lipinski definition) is 5. The summed E-state index contributed by atoms with van der Waals surface area (Å²) < 4.78 is 4.95. The van der Waals surface area contributed by atoms with Gasteiger partial charge in [0.15, 0.2) is 0 Å². The van der Waals surface area contributed by atoms with Crippen molar-refractivity contribution in [1.82, 2.24) is 15.1 Å². The third-order valence-electron chi connectivity index (χ3n) is 1.82. The largest absolute Gasteiger partial charge is 0.361 e. The van der Waals surface area contributed by atoms with Crippen LogP contribution in [-0.4, -0.2) is 15.1 Å². The summed E-state index contributed by atoms with van der Waals surface area (Å²) in [5, 5.41) is 3.86. The van der Waals surface area contributed by atoms with E-state index in [-0.39, 0.29) is 0 Å². The van der Waals surface area contributed by atoms with Crippen molar-refractivity contribution < 1.29 is 4.52 Å². The Hall–Kier alpha value is -1.75. The van der Waals surface area contributed by atoms with E-state index in [0.717, 1.165) is 17.1 Å². The molecule has 2 heterocycles. The summed E-state index contributed by atoms with van der Waals surface area (Å²) in [7, 11) is 0. The quantitative estimate of drug-likeness (QED) is 0.761. The molecule has 14 heavy (non-hydrogen) atoms. The third-order valence-corrected chi connectivity index (χ3v) is 1.82. The molecule has 2 rings (SSSR count). The Morgan fingerprint density at radius 3 is 2.79 bits per heavy atom. The van der Waals surface area contributed by atoms with Gasteiger partial charge in [-0.05, 0) is 13.0 Å². The molecular weight excluding hydrogens is 180 g/mol. The van der Waals surface area contributed by atoms with Gasteiger partial charge in [0.25, 0.3) is 0 Å². The summed E-state index contributed by atoms with van der Waals surface area (Å²) in [6.45, 7) is 2.23. The Morgan fingerprint density at radius 2 is 2.14 bits per heavy atom. The maximum absolute atomic E-state index is 5.47. The first-order valence-corrected chi connectivity index (χ1v) is 4.24. The second-order valence-corrected chi connectivity index (χ2v) is 2.92. The van der Waals surface area contributed by atoms with Crippen LogP contribution < -0.4 is 5.73 Å². The molecule has 0 saturated heterocycles. The fraction of sp³-hybridized carbons (Fsp3) is 0.222. The van der Waals surface area contributed by atoms with Gasteiger partial charge in [-0.15, -0.1) is 0 Å². The molecule has 0 aromatic carbocycles. The van der Waals surface area contributed by atoms with Crippen molar-refractivity contribution in [3.05, 3.63) is 29.9 Å². The lowest BCUT2D eigenvalue weighted by molar-refractivity contribution is 0.399. The summed E-state index contributed by atoms with van der Waals surface area (Å²) in [4.78, 5) is 8.08. The highest BCUT2D eigenvalue weighted by atomic mass is 16.5. The van der Waals surface area contributed by atoms with Crippen molar-refractivity contribution in [3.63, 3.8) is 0 Å². The van der Waals surface area contributed by atoms with Gasteiger partial charge in [-0.2, -0.15) is 0 Å². The van der Waals surface area contributed by atoms with Crippen molar-refractivity contribution in [2.75, 3.05) is 0 Å². The van der Waals surface area contributed by atoms with Crippen LogP contribution in [0, 0.1) is 6.92 Å². The molecule has 5 nitrogen and oxygen atoms in total. The number of nitrogens with zero attached hydrogens (tertiary/aromatic N) is 3. The van der Waals surface area contributed by atoms with Gasteiger partial charge in [0.1, 0.15) is 17.8 Å². The topological polar surface area (TPSA) is 77.8 Å². The maximum atomic E-state index is 5.47. The van der Waals surface area contributed by atoms with E-state index in [9.17, 15) is 0 Å². The highest BCUT2D eigenvalue weighted by Gasteiger charge is 2.05. The molecule has 5 heteroatoms. The van der Waals surface area contributed by atoms with E-state index in [4.69, 9.17) is 10.3 Å². The highest BCUT2D eigenvalue weighted by molar-refractivity contribution is 5.53. The van der Waals surface area contributed by atoms with Crippen LogP contribution in [0.2, 0.25) is 0 Å². The molecule has 0 amide bonds. The first-order chi connectivity index (χ1) is 6.79. The highest BCUT2D eigenvalue weighted by Crippen LogP contribution is 2.15. The number of aryl methyl sites for hydroxylation is 1. The van der Waals surface area contributed by atoms with Crippen molar-refractivity contribution >= 4 is 0 Å². The van der Waals surface area contributed by atoms with Crippen molar-refractivity contribution in [2.45, 2.75) is 13.5 Å². The van der Waals surface area contributed by atoms with E-state index in [1.165, 1.54) is 6.33 Å². The number of rotatable bonds is 2. The van der Waals surface area contributed by atoms with Crippen LogP contribution in [0.25, 0.3) is 11.4 Å². The first kappa shape index (κ1) is 8.83. The summed E-state index contributed by atoms with van der Waals surface area (Å²) in [6, 6.07) is 3.62. The summed E-state index contributed by atoms with van der Waals surface area (Å²) >= 11 is 0. The molecule has 0 bridgehead atoms. The van der Waals surface area contributed by atoms with Gasteiger partial charge >= 0.3 is 0 Å². The number of aromatic nitrogens is 3.